The van der Waals surface area contributed by atoms with Crippen molar-refractivity contribution in [2.45, 2.75) is 6.92 Å². The first kappa shape index (κ1) is 20.4. The van der Waals surface area contributed by atoms with E-state index in [4.69, 9.17) is 0 Å². The molecule has 0 atom stereocenters. The van der Waals surface area contributed by atoms with Crippen LogP contribution in [0.15, 0.2) is 72.5 Å². The average molecular weight is 405 g/mol. The maximum Gasteiger partial charge on any atom is 0.126 e. The van der Waals surface area contributed by atoms with Crippen LogP contribution in [0.2, 0.25) is 0 Å². The third-order valence-corrected chi connectivity index (χ3v) is 5.41. The van der Waals surface area contributed by atoms with Crippen LogP contribution in [0.4, 0.5) is 4.39 Å². The summed E-state index contributed by atoms with van der Waals surface area (Å²) in [5.41, 5.74) is 8.57. The van der Waals surface area contributed by atoms with Crippen LogP contribution in [0.1, 0.15) is 16.7 Å². The number of piperazine rings is 1. The molecule has 5 heteroatoms. The molecular weight excluding hydrogens is 375 g/mol. The van der Waals surface area contributed by atoms with Crippen LogP contribution in [0.3, 0.4) is 0 Å². The number of nitrogens with zero attached hydrogens (tertiary/aromatic N) is 2. The first-order chi connectivity index (χ1) is 14.7. The number of rotatable bonds is 6. The minimum absolute atomic E-state index is 0.172. The second-order valence-electron chi connectivity index (χ2n) is 7.83. The monoisotopic (exact) mass is 404 g/mol. The van der Waals surface area contributed by atoms with Crippen molar-refractivity contribution in [2.24, 2.45) is 0 Å². The molecule has 2 N–H and O–H groups in total. The summed E-state index contributed by atoms with van der Waals surface area (Å²) >= 11 is 0. The van der Waals surface area contributed by atoms with Gasteiger partial charge in [0.05, 0.1) is 12.2 Å². The van der Waals surface area contributed by atoms with Crippen molar-refractivity contribution in [2.75, 3.05) is 39.3 Å². The van der Waals surface area contributed by atoms with Gasteiger partial charge in [-0.3, -0.25) is 15.3 Å². The molecule has 0 radical (unpaired) electrons. The second kappa shape index (κ2) is 9.74. The van der Waals surface area contributed by atoms with Crippen molar-refractivity contribution < 1.29 is 4.39 Å². The molecule has 2 aromatic carbocycles. The van der Waals surface area contributed by atoms with Crippen LogP contribution >= 0.6 is 0 Å². The van der Waals surface area contributed by atoms with Gasteiger partial charge >= 0.3 is 0 Å². The predicted octanol–water partition coefficient (Wildman–Crippen LogP) is 3.80. The molecule has 0 bridgehead atoms. The standard InChI is InChI=1S/C25H29FN4/c1-20-16-23(9-10-24(20)26)25-17-22(18-29-14-11-27-12-15-29)19-30(28-25)13-5-8-21-6-3-2-4-7-21/h2-10,16-17,19,27-28H,11-15,18H2,1H3. The van der Waals surface area contributed by atoms with Crippen molar-refractivity contribution in [3.8, 4) is 0 Å². The number of hydrogen-bond acceptors (Lipinski definition) is 4. The zero-order valence-electron chi connectivity index (χ0n) is 17.4. The zero-order chi connectivity index (χ0) is 20.8. The van der Waals surface area contributed by atoms with Crippen molar-refractivity contribution in [1.29, 1.82) is 0 Å². The second-order valence-corrected chi connectivity index (χ2v) is 7.83. The summed E-state index contributed by atoms with van der Waals surface area (Å²) in [5, 5.41) is 5.51. The highest BCUT2D eigenvalue weighted by molar-refractivity contribution is 5.68. The lowest BCUT2D eigenvalue weighted by Crippen LogP contribution is -2.44. The van der Waals surface area contributed by atoms with Gasteiger partial charge in [-0.15, -0.1) is 0 Å². The van der Waals surface area contributed by atoms with Gasteiger partial charge in [-0.25, -0.2) is 4.39 Å². The summed E-state index contributed by atoms with van der Waals surface area (Å²) in [4.78, 5) is 2.47. The Kier molecular flexibility index (Phi) is 6.62. The largest absolute Gasteiger partial charge is 0.314 e. The highest BCUT2D eigenvalue weighted by Gasteiger charge is 2.16. The van der Waals surface area contributed by atoms with E-state index in [0.29, 0.717) is 5.56 Å². The van der Waals surface area contributed by atoms with Crippen LogP contribution in [-0.4, -0.2) is 49.2 Å². The van der Waals surface area contributed by atoms with Crippen molar-refractivity contribution in [3.05, 3.63) is 95.0 Å². The lowest BCUT2D eigenvalue weighted by Gasteiger charge is -2.32. The molecule has 2 aromatic rings. The Morgan fingerprint density at radius 2 is 1.87 bits per heavy atom. The maximum absolute atomic E-state index is 13.8. The number of hydrazine groups is 1. The summed E-state index contributed by atoms with van der Waals surface area (Å²) in [7, 11) is 0. The van der Waals surface area contributed by atoms with Crippen LogP contribution < -0.4 is 10.7 Å². The van der Waals surface area contributed by atoms with Crippen LogP contribution in [-0.2, 0) is 0 Å². The molecule has 0 spiro atoms. The zero-order valence-corrected chi connectivity index (χ0v) is 17.4. The number of aryl methyl sites for hydroxylation is 1. The molecule has 4 nitrogen and oxygen atoms in total. The van der Waals surface area contributed by atoms with Gasteiger partial charge in [0.25, 0.3) is 0 Å². The molecule has 0 saturated carbocycles. The molecule has 0 unspecified atom stereocenters. The minimum Gasteiger partial charge on any atom is -0.314 e. The lowest BCUT2D eigenvalue weighted by atomic mass is 10.0. The predicted molar refractivity (Wildman–Crippen MR) is 122 cm³/mol. The van der Waals surface area contributed by atoms with Crippen LogP contribution in [0.25, 0.3) is 11.8 Å². The molecule has 2 aliphatic heterocycles. The first-order valence-corrected chi connectivity index (χ1v) is 10.5. The summed E-state index contributed by atoms with van der Waals surface area (Å²) in [6.45, 7) is 7.62. The summed E-state index contributed by atoms with van der Waals surface area (Å²) in [6, 6.07) is 15.6. The van der Waals surface area contributed by atoms with Gasteiger partial charge < -0.3 is 5.32 Å². The van der Waals surface area contributed by atoms with E-state index >= 15 is 0 Å². The topological polar surface area (TPSA) is 30.5 Å². The quantitative estimate of drug-likeness (QED) is 0.767. The molecule has 0 amide bonds. The van der Waals surface area contributed by atoms with E-state index in [0.717, 1.165) is 50.5 Å². The van der Waals surface area contributed by atoms with Gasteiger partial charge in [0.1, 0.15) is 5.82 Å². The van der Waals surface area contributed by atoms with E-state index in [-0.39, 0.29) is 5.82 Å². The molecule has 0 aliphatic carbocycles. The van der Waals surface area contributed by atoms with E-state index in [1.165, 1.54) is 11.1 Å². The summed E-state index contributed by atoms with van der Waals surface area (Å²) in [6.07, 6.45) is 8.65. The smallest absolute Gasteiger partial charge is 0.126 e. The van der Waals surface area contributed by atoms with Gasteiger partial charge in [0.15, 0.2) is 0 Å². The molecule has 4 rings (SSSR count). The number of benzene rings is 2. The minimum atomic E-state index is -0.172. The summed E-state index contributed by atoms with van der Waals surface area (Å²) < 4.78 is 13.8. The Balaban J connectivity index is 1.52. The Morgan fingerprint density at radius 3 is 2.63 bits per heavy atom. The van der Waals surface area contributed by atoms with Crippen LogP contribution in [0, 0.1) is 12.7 Å². The Labute approximate surface area is 178 Å². The summed E-state index contributed by atoms with van der Waals surface area (Å²) in [5.74, 6) is -0.172. The van der Waals surface area contributed by atoms with E-state index in [1.807, 2.05) is 30.3 Å². The average Bonchev–Trinajstić information content (AvgIpc) is 2.77. The van der Waals surface area contributed by atoms with Crippen molar-refractivity contribution in [1.82, 2.24) is 20.7 Å². The molecule has 1 fully saturated rings. The molecule has 156 valence electrons. The van der Waals surface area contributed by atoms with E-state index in [9.17, 15) is 4.39 Å². The lowest BCUT2D eigenvalue weighted by molar-refractivity contribution is 0.257. The van der Waals surface area contributed by atoms with Gasteiger partial charge in [0, 0.05) is 38.9 Å². The maximum atomic E-state index is 13.8. The molecule has 2 aliphatic rings. The van der Waals surface area contributed by atoms with E-state index in [2.05, 4.69) is 57.2 Å². The molecular formula is C25H29FN4. The van der Waals surface area contributed by atoms with Crippen LogP contribution in [0.5, 0.6) is 0 Å². The van der Waals surface area contributed by atoms with Gasteiger partial charge in [-0.1, -0.05) is 42.5 Å². The normalized spacial score (nSPS) is 17.6. The van der Waals surface area contributed by atoms with E-state index in [1.54, 1.807) is 13.0 Å². The van der Waals surface area contributed by atoms with Gasteiger partial charge in [-0.05, 0) is 53.5 Å². The SMILES string of the molecule is Cc1cc(C2=CC(CN3CCNCC3)=CN(CC=Cc3ccccc3)N2)ccc1F. The van der Waals surface area contributed by atoms with Gasteiger partial charge in [-0.2, -0.15) is 0 Å². The molecule has 1 saturated heterocycles. The number of nitrogens with one attached hydrogen (secondary N) is 2. The third-order valence-electron chi connectivity index (χ3n) is 5.41. The molecule has 2 heterocycles. The first-order valence-electron chi connectivity index (χ1n) is 10.5. The Morgan fingerprint density at radius 1 is 1.07 bits per heavy atom. The Hall–Kier alpha value is -2.89. The number of halogens is 1. The molecule has 0 aromatic heterocycles. The van der Waals surface area contributed by atoms with Gasteiger partial charge in [0.2, 0.25) is 0 Å². The fourth-order valence-electron chi connectivity index (χ4n) is 3.78. The molecule has 30 heavy (non-hydrogen) atoms. The fraction of sp³-hybridized carbons (Fsp3) is 0.280. The van der Waals surface area contributed by atoms with Crippen molar-refractivity contribution >= 4 is 11.8 Å². The van der Waals surface area contributed by atoms with E-state index < -0.39 is 0 Å². The van der Waals surface area contributed by atoms with Crippen molar-refractivity contribution in [3.63, 3.8) is 0 Å². The fourth-order valence-corrected chi connectivity index (χ4v) is 3.78. The highest BCUT2D eigenvalue weighted by Crippen LogP contribution is 2.22. The number of hydrogen-bond donors (Lipinski definition) is 2. The highest BCUT2D eigenvalue weighted by atomic mass is 19.1. The Bertz CT molecular complexity index is 943. The third kappa shape index (κ3) is 5.38.